The highest BCUT2D eigenvalue weighted by atomic mass is 16.6. The number of H-pyrrole nitrogens is 1. The molecule has 116 valence electrons. The Labute approximate surface area is 123 Å². The Bertz CT molecular complexity index is 823. The number of aliphatic hydroxyl groups excluding tert-OH is 2. The highest BCUT2D eigenvalue weighted by Crippen LogP contribution is 2.38. The van der Waals surface area contributed by atoms with Gasteiger partial charge in [-0.3, -0.25) is 14.3 Å². The van der Waals surface area contributed by atoms with Crippen molar-refractivity contribution in [3.63, 3.8) is 0 Å². The predicted octanol–water partition coefficient (Wildman–Crippen LogP) is -2.68. The lowest BCUT2D eigenvalue weighted by Crippen LogP contribution is -2.45. The van der Waals surface area contributed by atoms with Gasteiger partial charge < -0.3 is 25.8 Å². The van der Waals surface area contributed by atoms with Crippen LogP contribution in [-0.4, -0.2) is 59.3 Å². The molecule has 1 fully saturated rings. The molecule has 1 aliphatic heterocycles. The Balaban J connectivity index is 2.19. The number of nitrogens with two attached hydrogens (primary N) is 1. The highest BCUT2D eigenvalue weighted by molar-refractivity contribution is 5.70. The molecule has 1 aliphatic rings. The summed E-state index contributed by atoms with van der Waals surface area (Å²) in [5, 5.41) is 29.7. The molecule has 0 spiro atoms. The molecule has 3 heterocycles. The summed E-state index contributed by atoms with van der Waals surface area (Å²) in [5.74, 6) is 1.91. The summed E-state index contributed by atoms with van der Waals surface area (Å²) in [6, 6.07) is 0. The molecule has 3 rings (SSSR count). The van der Waals surface area contributed by atoms with Crippen molar-refractivity contribution < 1.29 is 20.1 Å². The van der Waals surface area contributed by atoms with Gasteiger partial charge in [-0.2, -0.15) is 4.98 Å². The van der Waals surface area contributed by atoms with Crippen molar-refractivity contribution >= 4 is 17.1 Å². The number of terminal acetylenes is 1. The van der Waals surface area contributed by atoms with E-state index in [1.54, 1.807) is 0 Å². The average molecular weight is 307 g/mol. The van der Waals surface area contributed by atoms with Gasteiger partial charge in [0.25, 0.3) is 5.56 Å². The Morgan fingerprint density at radius 2 is 2.36 bits per heavy atom. The average Bonchev–Trinajstić information content (AvgIpc) is 3.00. The fourth-order valence-electron chi connectivity index (χ4n) is 2.47. The lowest BCUT2D eigenvalue weighted by molar-refractivity contribution is -0.0721. The number of fused-ring (bicyclic) bond motifs is 1. The zero-order valence-electron chi connectivity index (χ0n) is 11.2. The standard InChI is InChI=1S/C12H13N5O5/c1-2-12(21)7(19)5(3-18)22-10(12)17-4-14-6-8(17)15-11(13)16-9(6)20/h1,4-5,7,10,18-19,21H,3H2,(H3,13,15,16,20)/t5?,7?,10?,12-/m1/s1. The van der Waals surface area contributed by atoms with Crippen molar-refractivity contribution in [2.24, 2.45) is 0 Å². The molecule has 0 aliphatic carbocycles. The van der Waals surface area contributed by atoms with Gasteiger partial charge in [0.05, 0.1) is 12.9 Å². The summed E-state index contributed by atoms with van der Waals surface area (Å²) in [6.07, 6.45) is 2.59. The molecular weight excluding hydrogens is 294 g/mol. The Morgan fingerprint density at radius 1 is 1.64 bits per heavy atom. The fourth-order valence-corrected chi connectivity index (χ4v) is 2.47. The second kappa shape index (κ2) is 4.79. The molecule has 10 nitrogen and oxygen atoms in total. The number of aromatic nitrogens is 4. The van der Waals surface area contributed by atoms with Crippen LogP contribution in [0.2, 0.25) is 0 Å². The Morgan fingerprint density at radius 3 is 3.00 bits per heavy atom. The van der Waals surface area contributed by atoms with Crippen molar-refractivity contribution in [1.82, 2.24) is 19.5 Å². The van der Waals surface area contributed by atoms with Crippen molar-refractivity contribution in [2.45, 2.75) is 24.0 Å². The third-order valence-electron chi connectivity index (χ3n) is 3.60. The Kier molecular flexibility index (Phi) is 3.15. The van der Waals surface area contributed by atoms with Crippen molar-refractivity contribution in [2.75, 3.05) is 12.3 Å². The molecule has 3 unspecified atom stereocenters. The van der Waals surface area contributed by atoms with Crippen LogP contribution in [-0.2, 0) is 4.74 Å². The molecule has 22 heavy (non-hydrogen) atoms. The van der Waals surface area contributed by atoms with E-state index >= 15 is 0 Å². The van der Waals surface area contributed by atoms with Crippen molar-refractivity contribution in [3.05, 3.63) is 16.7 Å². The van der Waals surface area contributed by atoms with Crippen LogP contribution in [0.1, 0.15) is 6.23 Å². The summed E-state index contributed by atoms with van der Waals surface area (Å²) in [4.78, 5) is 21.9. The van der Waals surface area contributed by atoms with E-state index in [-0.39, 0.29) is 17.1 Å². The zero-order chi connectivity index (χ0) is 16.1. The molecule has 2 aromatic heterocycles. The van der Waals surface area contributed by atoms with Crippen LogP contribution >= 0.6 is 0 Å². The van der Waals surface area contributed by atoms with Gasteiger partial charge in [-0.25, -0.2) is 4.98 Å². The van der Waals surface area contributed by atoms with E-state index in [0.29, 0.717) is 0 Å². The first-order valence-electron chi connectivity index (χ1n) is 6.29. The van der Waals surface area contributed by atoms with E-state index in [9.17, 15) is 20.1 Å². The van der Waals surface area contributed by atoms with Crippen molar-refractivity contribution in [1.29, 1.82) is 0 Å². The second-order valence-corrected chi connectivity index (χ2v) is 4.90. The van der Waals surface area contributed by atoms with Gasteiger partial charge in [0.2, 0.25) is 5.95 Å². The van der Waals surface area contributed by atoms with Crippen LogP contribution in [0.4, 0.5) is 5.95 Å². The minimum Gasteiger partial charge on any atom is -0.394 e. The van der Waals surface area contributed by atoms with E-state index in [1.165, 1.54) is 10.9 Å². The van der Waals surface area contributed by atoms with Gasteiger partial charge in [0, 0.05) is 0 Å². The summed E-state index contributed by atoms with van der Waals surface area (Å²) in [6.45, 7) is -0.551. The minimum atomic E-state index is -2.12. The van der Waals surface area contributed by atoms with E-state index < -0.39 is 36.2 Å². The summed E-state index contributed by atoms with van der Waals surface area (Å²) >= 11 is 0. The first-order valence-corrected chi connectivity index (χ1v) is 6.29. The second-order valence-electron chi connectivity index (χ2n) is 4.90. The number of aromatic amines is 1. The summed E-state index contributed by atoms with van der Waals surface area (Å²) < 4.78 is 6.59. The monoisotopic (exact) mass is 307 g/mol. The number of hydrogen-bond acceptors (Lipinski definition) is 8. The normalized spacial score (nSPS) is 31.5. The molecule has 4 atom stereocenters. The van der Waals surface area contributed by atoms with Crippen LogP contribution in [0, 0.1) is 12.3 Å². The maximum atomic E-state index is 11.8. The number of nitrogens with one attached hydrogen (secondary N) is 1. The largest absolute Gasteiger partial charge is 0.394 e. The van der Waals surface area contributed by atoms with Gasteiger partial charge in [-0.15, -0.1) is 6.42 Å². The number of rotatable bonds is 2. The van der Waals surface area contributed by atoms with Gasteiger partial charge in [-0.1, -0.05) is 5.92 Å². The molecule has 0 radical (unpaired) electrons. The van der Waals surface area contributed by atoms with Crippen LogP contribution in [0.5, 0.6) is 0 Å². The SMILES string of the molecule is C#C[C@@]1(O)C(O)C(CO)OC1n1cnc2c(=O)[nH]c(N)nc21. The zero-order valence-corrected chi connectivity index (χ0v) is 11.2. The molecule has 0 amide bonds. The lowest BCUT2D eigenvalue weighted by atomic mass is 9.95. The van der Waals surface area contributed by atoms with E-state index in [0.717, 1.165) is 0 Å². The molecular formula is C12H13N5O5. The Hall–Kier alpha value is -2.45. The molecule has 1 saturated heterocycles. The number of anilines is 1. The molecule has 0 aromatic carbocycles. The van der Waals surface area contributed by atoms with Gasteiger partial charge in [-0.05, 0) is 0 Å². The maximum absolute atomic E-state index is 11.8. The molecule has 2 aromatic rings. The van der Waals surface area contributed by atoms with E-state index in [1.807, 2.05) is 0 Å². The fraction of sp³-hybridized carbons (Fsp3) is 0.417. The van der Waals surface area contributed by atoms with Crippen LogP contribution in [0.15, 0.2) is 11.1 Å². The summed E-state index contributed by atoms with van der Waals surface area (Å²) in [5.41, 5.74) is 2.80. The predicted molar refractivity (Wildman–Crippen MR) is 73.3 cm³/mol. The number of nitrogens with zero attached hydrogens (tertiary/aromatic N) is 3. The summed E-state index contributed by atoms with van der Waals surface area (Å²) in [7, 11) is 0. The quantitative estimate of drug-likeness (QED) is 0.375. The van der Waals surface area contributed by atoms with Crippen LogP contribution < -0.4 is 11.3 Å². The third-order valence-corrected chi connectivity index (χ3v) is 3.60. The number of imidazole rings is 1. The molecule has 6 N–H and O–H groups in total. The maximum Gasteiger partial charge on any atom is 0.280 e. The number of nitrogen functional groups attached to an aromatic ring is 1. The molecule has 0 saturated carbocycles. The van der Waals surface area contributed by atoms with Crippen LogP contribution in [0.25, 0.3) is 11.2 Å². The van der Waals surface area contributed by atoms with E-state index in [2.05, 4.69) is 20.9 Å². The van der Waals surface area contributed by atoms with E-state index in [4.69, 9.17) is 16.9 Å². The lowest BCUT2D eigenvalue weighted by Gasteiger charge is -2.26. The smallest absolute Gasteiger partial charge is 0.280 e. The minimum absolute atomic E-state index is 0.0286. The van der Waals surface area contributed by atoms with Crippen LogP contribution in [0.3, 0.4) is 0 Å². The highest BCUT2D eigenvalue weighted by Gasteiger charge is 2.55. The van der Waals surface area contributed by atoms with Crippen molar-refractivity contribution in [3.8, 4) is 12.3 Å². The molecule has 10 heteroatoms. The number of ether oxygens (including phenoxy) is 1. The van der Waals surface area contributed by atoms with Gasteiger partial charge in [0.1, 0.15) is 12.2 Å². The van der Waals surface area contributed by atoms with Gasteiger partial charge >= 0.3 is 0 Å². The number of hydrogen-bond donors (Lipinski definition) is 5. The van der Waals surface area contributed by atoms with Gasteiger partial charge in [0.15, 0.2) is 23.0 Å². The first-order chi connectivity index (χ1) is 10.4. The first kappa shape index (κ1) is 14.5. The molecule has 0 bridgehead atoms. The number of aliphatic hydroxyl groups is 3. The third kappa shape index (κ3) is 1.81. The topological polar surface area (TPSA) is 160 Å².